The predicted molar refractivity (Wildman–Crippen MR) is 73.7 cm³/mol. The molecule has 0 aliphatic carbocycles. The Bertz CT molecular complexity index is 404. The molecule has 18 heavy (non-hydrogen) atoms. The van der Waals surface area contributed by atoms with Crippen LogP contribution in [0.1, 0.15) is 24.1 Å². The number of carbonyl (C=O) groups is 1. The molecule has 0 bridgehead atoms. The molecule has 3 heterocycles. The van der Waals surface area contributed by atoms with E-state index in [0.717, 1.165) is 32.5 Å². The summed E-state index contributed by atoms with van der Waals surface area (Å²) in [5.74, 6) is 1.08. The minimum atomic E-state index is 0.364. The minimum absolute atomic E-state index is 0.364. The Morgan fingerprint density at radius 1 is 1.50 bits per heavy atom. The molecule has 2 aliphatic rings. The maximum absolute atomic E-state index is 12.2. The van der Waals surface area contributed by atoms with Crippen molar-refractivity contribution in [2.24, 2.45) is 5.92 Å². The molecule has 0 radical (unpaired) electrons. The lowest BCUT2D eigenvalue weighted by Crippen LogP contribution is -2.38. The zero-order chi connectivity index (χ0) is 12.4. The number of nitrogens with one attached hydrogen (secondary N) is 1. The highest BCUT2D eigenvalue weighted by atomic mass is 32.1. The summed E-state index contributed by atoms with van der Waals surface area (Å²) >= 11 is 1.79. The predicted octanol–water partition coefficient (Wildman–Crippen LogP) is 1.89. The molecule has 0 spiro atoms. The van der Waals surface area contributed by atoms with Gasteiger partial charge in [-0.15, -0.1) is 11.3 Å². The van der Waals surface area contributed by atoms with Crippen LogP contribution in [-0.4, -0.2) is 36.5 Å². The van der Waals surface area contributed by atoms with E-state index < -0.39 is 0 Å². The van der Waals surface area contributed by atoms with Crippen molar-refractivity contribution in [3.63, 3.8) is 0 Å². The summed E-state index contributed by atoms with van der Waals surface area (Å²) in [7, 11) is 0. The largest absolute Gasteiger partial charge is 0.338 e. The number of rotatable bonds is 4. The molecular weight excluding hydrogens is 244 g/mol. The maximum atomic E-state index is 12.2. The van der Waals surface area contributed by atoms with Gasteiger partial charge in [-0.3, -0.25) is 4.79 Å². The number of aryl methyl sites for hydroxylation is 1. The van der Waals surface area contributed by atoms with E-state index in [-0.39, 0.29) is 0 Å². The normalized spacial score (nSPS) is 26.6. The number of carbonyl (C=O) groups excluding carboxylic acids is 1. The number of fused-ring (bicyclic) bond motifs is 1. The third kappa shape index (κ3) is 2.45. The summed E-state index contributed by atoms with van der Waals surface area (Å²) in [6.45, 7) is 3.08. The molecule has 3 rings (SSSR count). The number of hydrogen-bond donors (Lipinski definition) is 1. The molecule has 1 amide bonds. The van der Waals surface area contributed by atoms with Crippen molar-refractivity contribution < 1.29 is 4.79 Å². The summed E-state index contributed by atoms with van der Waals surface area (Å²) in [6.07, 6.45) is 3.93. The summed E-state index contributed by atoms with van der Waals surface area (Å²) < 4.78 is 0. The van der Waals surface area contributed by atoms with E-state index in [9.17, 15) is 4.79 Å². The minimum Gasteiger partial charge on any atom is -0.338 e. The van der Waals surface area contributed by atoms with Crippen LogP contribution in [0.15, 0.2) is 17.5 Å². The fraction of sp³-hybridized carbons (Fsp3) is 0.643. The zero-order valence-corrected chi connectivity index (χ0v) is 11.4. The maximum Gasteiger partial charge on any atom is 0.222 e. The highest BCUT2D eigenvalue weighted by Crippen LogP contribution is 2.27. The monoisotopic (exact) mass is 264 g/mol. The van der Waals surface area contributed by atoms with Crippen molar-refractivity contribution in [3.05, 3.63) is 22.4 Å². The van der Waals surface area contributed by atoms with Gasteiger partial charge in [-0.1, -0.05) is 6.07 Å². The lowest BCUT2D eigenvalue weighted by atomic mass is 10.0. The SMILES string of the molecule is O=C(CCCc1cccs1)N1CC[C@H]2CNC[C@H]21. The third-order valence-corrected chi connectivity index (χ3v) is 5.10. The first-order valence-electron chi connectivity index (χ1n) is 6.87. The number of amides is 1. The quantitative estimate of drug-likeness (QED) is 0.900. The first-order chi connectivity index (χ1) is 8.84. The van der Waals surface area contributed by atoms with Crippen LogP contribution in [0.25, 0.3) is 0 Å². The lowest BCUT2D eigenvalue weighted by molar-refractivity contribution is -0.132. The van der Waals surface area contributed by atoms with Crippen molar-refractivity contribution in [3.8, 4) is 0 Å². The van der Waals surface area contributed by atoms with Gasteiger partial charge in [-0.05, 0) is 36.6 Å². The van der Waals surface area contributed by atoms with Crippen molar-refractivity contribution in [1.82, 2.24) is 10.2 Å². The van der Waals surface area contributed by atoms with Crippen LogP contribution in [0.4, 0.5) is 0 Å². The first kappa shape index (κ1) is 12.2. The van der Waals surface area contributed by atoms with Crippen LogP contribution in [0.5, 0.6) is 0 Å². The Balaban J connectivity index is 1.47. The van der Waals surface area contributed by atoms with Gasteiger partial charge in [0.05, 0.1) is 0 Å². The Hall–Kier alpha value is -0.870. The Morgan fingerprint density at radius 3 is 3.28 bits per heavy atom. The number of likely N-dealkylation sites (tertiary alicyclic amines) is 1. The van der Waals surface area contributed by atoms with E-state index in [4.69, 9.17) is 0 Å². The number of nitrogens with zero attached hydrogens (tertiary/aromatic N) is 1. The topological polar surface area (TPSA) is 32.3 Å². The van der Waals surface area contributed by atoms with Gasteiger partial charge in [0.15, 0.2) is 0 Å². The Morgan fingerprint density at radius 2 is 2.44 bits per heavy atom. The molecule has 2 saturated heterocycles. The molecule has 0 aromatic carbocycles. The van der Waals surface area contributed by atoms with Crippen LogP contribution < -0.4 is 5.32 Å². The molecule has 3 nitrogen and oxygen atoms in total. The molecule has 2 fully saturated rings. The Labute approximate surface area is 112 Å². The molecule has 1 aromatic heterocycles. The Kier molecular flexibility index (Phi) is 3.66. The lowest BCUT2D eigenvalue weighted by Gasteiger charge is -2.23. The smallest absolute Gasteiger partial charge is 0.222 e. The summed E-state index contributed by atoms with van der Waals surface area (Å²) in [6, 6.07) is 4.72. The van der Waals surface area contributed by atoms with Gasteiger partial charge in [0.25, 0.3) is 0 Å². The van der Waals surface area contributed by atoms with E-state index in [1.54, 1.807) is 11.3 Å². The van der Waals surface area contributed by atoms with Gasteiger partial charge < -0.3 is 10.2 Å². The van der Waals surface area contributed by atoms with Crippen LogP contribution in [-0.2, 0) is 11.2 Å². The standard InChI is InChI=1S/C14H20N2OS/c17-14(5-1-3-12-4-2-8-18-12)16-7-6-11-9-15-10-13(11)16/h2,4,8,11,13,15H,1,3,5-7,9-10H2/t11-,13+/m0/s1. The second-order valence-corrected chi connectivity index (χ2v) is 6.33. The van der Waals surface area contributed by atoms with Crippen LogP contribution in [0, 0.1) is 5.92 Å². The second-order valence-electron chi connectivity index (χ2n) is 5.29. The molecule has 2 atom stereocenters. The van der Waals surface area contributed by atoms with Crippen molar-refractivity contribution in [2.75, 3.05) is 19.6 Å². The van der Waals surface area contributed by atoms with E-state index in [2.05, 4.69) is 27.7 Å². The number of hydrogen-bond acceptors (Lipinski definition) is 3. The zero-order valence-electron chi connectivity index (χ0n) is 10.6. The van der Waals surface area contributed by atoms with Gasteiger partial charge in [0.1, 0.15) is 0 Å². The average molecular weight is 264 g/mol. The molecule has 2 aliphatic heterocycles. The highest BCUT2D eigenvalue weighted by molar-refractivity contribution is 7.09. The fourth-order valence-corrected chi connectivity index (χ4v) is 3.92. The van der Waals surface area contributed by atoms with Gasteiger partial charge in [-0.25, -0.2) is 0 Å². The molecule has 1 N–H and O–H groups in total. The number of thiophene rings is 1. The summed E-state index contributed by atoms with van der Waals surface area (Å²) in [5.41, 5.74) is 0. The van der Waals surface area contributed by atoms with Crippen LogP contribution >= 0.6 is 11.3 Å². The first-order valence-corrected chi connectivity index (χ1v) is 7.75. The average Bonchev–Trinajstić information content (AvgIpc) is 3.05. The van der Waals surface area contributed by atoms with Gasteiger partial charge in [0, 0.05) is 37.0 Å². The van der Waals surface area contributed by atoms with Crippen molar-refractivity contribution in [1.29, 1.82) is 0 Å². The molecule has 0 saturated carbocycles. The molecule has 0 unspecified atom stereocenters. The van der Waals surface area contributed by atoms with Gasteiger partial charge in [0.2, 0.25) is 5.91 Å². The molecule has 98 valence electrons. The highest BCUT2D eigenvalue weighted by Gasteiger charge is 2.39. The van der Waals surface area contributed by atoms with Crippen LogP contribution in [0.2, 0.25) is 0 Å². The van der Waals surface area contributed by atoms with E-state index in [1.807, 2.05) is 0 Å². The molecule has 1 aromatic rings. The van der Waals surface area contributed by atoms with Gasteiger partial charge >= 0.3 is 0 Å². The van der Waals surface area contributed by atoms with Crippen LogP contribution in [0.3, 0.4) is 0 Å². The van der Waals surface area contributed by atoms with E-state index in [0.29, 0.717) is 24.3 Å². The fourth-order valence-electron chi connectivity index (χ4n) is 3.17. The van der Waals surface area contributed by atoms with E-state index in [1.165, 1.54) is 11.3 Å². The van der Waals surface area contributed by atoms with Gasteiger partial charge in [-0.2, -0.15) is 0 Å². The third-order valence-electron chi connectivity index (χ3n) is 4.16. The summed E-state index contributed by atoms with van der Waals surface area (Å²) in [4.78, 5) is 15.7. The van der Waals surface area contributed by atoms with Crippen molar-refractivity contribution in [2.45, 2.75) is 31.7 Å². The van der Waals surface area contributed by atoms with Crippen molar-refractivity contribution >= 4 is 17.2 Å². The molecular formula is C14H20N2OS. The second kappa shape index (κ2) is 5.41. The van der Waals surface area contributed by atoms with E-state index >= 15 is 0 Å². The summed E-state index contributed by atoms with van der Waals surface area (Å²) in [5, 5.41) is 5.50. The molecule has 4 heteroatoms.